The average molecular weight is 170 g/mol. The van der Waals surface area contributed by atoms with Gasteiger partial charge in [-0.15, -0.1) is 0 Å². The maximum absolute atomic E-state index is 10.8. The molecule has 0 aromatic carbocycles. The molecule has 1 unspecified atom stereocenters. The quantitative estimate of drug-likeness (QED) is 0.566. The molecule has 0 aliphatic rings. The Labute approximate surface area is 71.6 Å². The van der Waals surface area contributed by atoms with Crippen molar-refractivity contribution in [3.8, 4) is 0 Å². The maximum atomic E-state index is 10.8. The smallest absolute Gasteiger partial charge is 0.244 e. The molecule has 0 radical (unpaired) electrons. The first-order valence-electron chi connectivity index (χ1n) is 3.78. The van der Waals surface area contributed by atoms with Gasteiger partial charge in [-0.1, -0.05) is 19.9 Å². The molecule has 0 rings (SSSR count). The van der Waals surface area contributed by atoms with Crippen molar-refractivity contribution in [1.82, 2.24) is 0 Å². The number of carbonyl (C=O) groups is 2. The lowest BCUT2D eigenvalue weighted by Crippen LogP contribution is -2.30. The number of amides is 2. The molecule has 0 bridgehead atoms. The first-order chi connectivity index (χ1) is 5.50. The van der Waals surface area contributed by atoms with E-state index < -0.39 is 17.7 Å². The van der Waals surface area contributed by atoms with Gasteiger partial charge >= 0.3 is 0 Å². The number of rotatable bonds is 5. The van der Waals surface area contributed by atoms with E-state index in [0.29, 0.717) is 6.42 Å². The Morgan fingerprint density at radius 1 is 1.42 bits per heavy atom. The molecule has 0 aliphatic carbocycles. The number of nitrogens with two attached hydrogens (primary N) is 2. The van der Waals surface area contributed by atoms with Crippen LogP contribution in [-0.2, 0) is 9.59 Å². The van der Waals surface area contributed by atoms with Gasteiger partial charge in [-0.05, 0) is 6.42 Å². The van der Waals surface area contributed by atoms with Crippen molar-refractivity contribution in [1.29, 1.82) is 0 Å². The molecule has 0 aromatic rings. The van der Waals surface area contributed by atoms with Crippen molar-refractivity contribution in [2.24, 2.45) is 17.4 Å². The van der Waals surface area contributed by atoms with Crippen LogP contribution in [-0.4, -0.2) is 11.8 Å². The van der Waals surface area contributed by atoms with Gasteiger partial charge in [0.25, 0.3) is 0 Å². The SMILES string of the molecule is C=C(C(N)=O)C(CCC)C(N)=O. The van der Waals surface area contributed by atoms with E-state index in [1.54, 1.807) is 0 Å². The summed E-state index contributed by atoms with van der Waals surface area (Å²) in [5.74, 6) is -1.81. The summed E-state index contributed by atoms with van der Waals surface area (Å²) in [5, 5.41) is 0. The Kier molecular flexibility index (Phi) is 4.04. The zero-order valence-corrected chi connectivity index (χ0v) is 7.17. The monoisotopic (exact) mass is 170 g/mol. The molecule has 4 N–H and O–H groups in total. The third-order valence-electron chi connectivity index (χ3n) is 1.66. The van der Waals surface area contributed by atoms with E-state index in [-0.39, 0.29) is 5.57 Å². The van der Waals surface area contributed by atoms with Gasteiger partial charge in [-0.3, -0.25) is 9.59 Å². The van der Waals surface area contributed by atoms with Gasteiger partial charge in [0, 0.05) is 5.57 Å². The predicted molar refractivity (Wildman–Crippen MR) is 45.9 cm³/mol. The van der Waals surface area contributed by atoms with Gasteiger partial charge in [-0.2, -0.15) is 0 Å². The van der Waals surface area contributed by atoms with Crippen LogP contribution in [0, 0.1) is 5.92 Å². The zero-order chi connectivity index (χ0) is 9.72. The summed E-state index contributed by atoms with van der Waals surface area (Å²) in [6.45, 7) is 5.31. The summed E-state index contributed by atoms with van der Waals surface area (Å²) in [6, 6.07) is 0. The highest BCUT2D eigenvalue weighted by atomic mass is 16.2. The number of hydrogen-bond donors (Lipinski definition) is 2. The van der Waals surface area contributed by atoms with Crippen LogP contribution in [0.15, 0.2) is 12.2 Å². The van der Waals surface area contributed by atoms with Gasteiger partial charge in [0.1, 0.15) is 0 Å². The van der Waals surface area contributed by atoms with Crippen LogP contribution in [0.25, 0.3) is 0 Å². The van der Waals surface area contributed by atoms with Gasteiger partial charge in [0.2, 0.25) is 11.8 Å². The Hall–Kier alpha value is -1.32. The molecule has 4 heteroatoms. The molecule has 0 fully saturated rings. The Morgan fingerprint density at radius 3 is 2.17 bits per heavy atom. The molecule has 12 heavy (non-hydrogen) atoms. The molecule has 0 spiro atoms. The van der Waals surface area contributed by atoms with Crippen molar-refractivity contribution in [3.63, 3.8) is 0 Å². The highest BCUT2D eigenvalue weighted by Gasteiger charge is 2.21. The Morgan fingerprint density at radius 2 is 1.92 bits per heavy atom. The van der Waals surface area contributed by atoms with Crippen molar-refractivity contribution in [3.05, 3.63) is 12.2 Å². The summed E-state index contributed by atoms with van der Waals surface area (Å²) in [7, 11) is 0. The summed E-state index contributed by atoms with van der Waals surface area (Å²) in [6.07, 6.45) is 1.29. The van der Waals surface area contributed by atoms with E-state index in [2.05, 4.69) is 6.58 Å². The lowest BCUT2D eigenvalue weighted by atomic mass is 9.94. The third-order valence-corrected chi connectivity index (χ3v) is 1.66. The zero-order valence-electron chi connectivity index (χ0n) is 7.17. The fourth-order valence-corrected chi connectivity index (χ4v) is 0.949. The Bertz CT molecular complexity index is 211. The molecule has 0 aliphatic heterocycles. The lowest BCUT2D eigenvalue weighted by Gasteiger charge is -2.11. The lowest BCUT2D eigenvalue weighted by molar-refractivity contribution is -0.123. The molecule has 0 heterocycles. The fourth-order valence-electron chi connectivity index (χ4n) is 0.949. The summed E-state index contributed by atoms with van der Waals surface area (Å²) < 4.78 is 0. The van der Waals surface area contributed by atoms with Gasteiger partial charge < -0.3 is 11.5 Å². The van der Waals surface area contributed by atoms with E-state index >= 15 is 0 Å². The second kappa shape index (κ2) is 4.54. The minimum absolute atomic E-state index is 0.101. The number of hydrogen-bond acceptors (Lipinski definition) is 2. The van der Waals surface area contributed by atoms with Crippen LogP contribution in [0.3, 0.4) is 0 Å². The van der Waals surface area contributed by atoms with Crippen LogP contribution in [0.1, 0.15) is 19.8 Å². The van der Waals surface area contributed by atoms with Gasteiger partial charge in [0.15, 0.2) is 0 Å². The van der Waals surface area contributed by atoms with Crippen LogP contribution in [0.4, 0.5) is 0 Å². The van der Waals surface area contributed by atoms with Crippen molar-refractivity contribution >= 4 is 11.8 Å². The molecule has 0 aromatic heterocycles. The van der Waals surface area contributed by atoms with E-state index in [1.165, 1.54) is 0 Å². The molecule has 0 saturated heterocycles. The number of primary amides is 2. The van der Waals surface area contributed by atoms with Crippen LogP contribution in [0.5, 0.6) is 0 Å². The molecular formula is C8H14N2O2. The second-order valence-electron chi connectivity index (χ2n) is 2.63. The summed E-state index contributed by atoms with van der Waals surface area (Å²) in [5.41, 5.74) is 10.1. The first kappa shape index (κ1) is 10.7. The van der Waals surface area contributed by atoms with E-state index in [1.807, 2.05) is 6.92 Å². The topological polar surface area (TPSA) is 86.2 Å². The van der Waals surface area contributed by atoms with Crippen molar-refractivity contribution < 1.29 is 9.59 Å². The highest BCUT2D eigenvalue weighted by Crippen LogP contribution is 2.14. The van der Waals surface area contributed by atoms with Gasteiger partial charge in [-0.25, -0.2) is 0 Å². The molecule has 68 valence electrons. The third kappa shape index (κ3) is 2.74. The summed E-state index contributed by atoms with van der Waals surface area (Å²) in [4.78, 5) is 21.4. The van der Waals surface area contributed by atoms with E-state index in [4.69, 9.17) is 11.5 Å². The second-order valence-corrected chi connectivity index (χ2v) is 2.63. The van der Waals surface area contributed by atoms with Crippen LogP contribution < -0.4 is 11.5 Å². The standard InChI is InChI=1S/C8H14N2O2/c1-3-4-6(8(10)12)5(2)7(9)11/h6H,2-4H2,1H3,(H2,9,11)(H2,10,12). The van der Waals surface area contributed by atoms with Gasteiger partial charge in [0.05, 0.1) is 5.92 Å². The first-order valence-corrected chi connectivity index (χ1v) is 3.78. The highest BCUT2D eigenvalue weighted by molar-refractivity contribution is 5.98. The fraction of sp³-hybridized carbons (Fsp3) is 0.500. The van der Waals surface area contributed by atoms with Crippen LogP contribution >= 0.6 is 0 Å². The molecule has 4 nitrogen and oxygen atoms in total. The van der Waals surface area contributed by atoms with E-state index in [0.717, 1.165) is 6.42 Å². The average Bonchev–Trinajstić information content (AvgIpc) is 1.98. The summed E-state index contributed by atoms with van der Waals surface area (Å²) >= 11 is 0. The van der Waals surface area contributed by atoms with E-state index in [9.17, 15) is 9.59 Å². The van der Waals surface area contributed by atoms with Crippen LogP contribution in [0.2, 0.25) is 0 Å². The largest absolute Gasteiger partial charge is 0.369 e. The van der Waals surface area contributed by atoms with Crippen molar-refractivity contribution in [2.45, 2.75) is 19.8 Å². The minimum atomic E-state index is -0.660. The normalized spacial score (nSPS) is 12.1. The molecular weight excluding hydrogens is 156 g/mol. The number of carbonyl (C=O) groups excluding carboxylic acids is 2. The Balaban J connectivity index is 4.40. The molecule has 0 saturated carbocycles. The minimum Gasteiger partial charge on any atom is -0.369 e. The molecule has 1 atom stereocenters. The maximum Gasteiger partial charge on any atom is 0.244 e. The predicted octanol–water partition coefficient (Wildman–Crippen LogP) is -0.0705. The van der Waals surface area contributed by atoms with Crippen molar-refractivity contribution in [2.75, 3.05) is 0 Å². The molecule has 2 amide bonds.